The molecule has 1 heterocycles. The highest BCUT2D eigenvalue weighted by Crippen LogP contribution is 2.36. The summed E-state index contributed by atoms with van der Waals surface area (Å²) in [5, 5.41) is 0. The molecule has 2 aliphatic rings. The van der Waals surface area contributed by atoms with E-state index < -0.39 is 0 Å². The van der Waals surface area contributed by atoms with Crippen molar-refractivity contribution in [1.29, 1.82) is 0 Å². The predicted molar refractivity (Wildman–Crippen MR) is 74.7 cm³/mol. The molecular weight excluding hydrogens is 220 g/mol. The minimum Gasteiger partial charge on any atom is -0.345 e. The molecule has 18 heavy (non-hydrogen) atoms. The van der Waals surface area contributed by atoms with E-state index in [0.29, 0.717) is 5.92 Å². The van der Waals surface area contributed by atoms with Crippen molar-refractivity contribution in [1.82, 2.24) is 9.97 Å². The quantitative estimate of drug-likeness (QED) is 0.795. The highest BCUT2D eigenvalue weighted by molar-refractivity contribution is 5.21. The largest absolute Gasteiger partial charge is 0.345 e. The van der Waals surface area contributed by atoms with Crippen molar-refractivity contribution in [3.8, 4) is 0 Å². The molecule has 1 aromatic heterocycles. The van der Waals surface area contributed by atoms with Crippen LogP contribution in [0, 0.1) is 17.8 Å². The SMILES string of the molecule is CC1CCC(c2nc3c([nH]2)CC(C)C(C)C3)CC1. The van der Waals surface area contributed by atoms with Gasteiger partial charge in [0, 0.05) is 11.6 Å². The zero-order valence-electron chi connectivity index (χ0n) is 12.0. The third kappa shape index (κ3) is 2.22. The highest BCUT2D eigenvalue weighted by Gasteiger charge is 2.28. The van der Waals surface area contributed by atoms with E-state index in [1.54, 1.807) is 0 Å². The highest BCUT2D eigenvalue weighted by atomic mass is 14.9. The van der Waals surface area contributed by atoms with Gasteiger partial charge in [0.25, 0.3) is 0 Å². The number of aromatic nitrogens is 2. The van der Waals surface area contributed by atoms with E-state index in [-0.39, 0.29) is 0 Å². The fourth-order valence-corrected chi connectivity index (χ4v) is 3.56. The van der Waals surface area contributed by atoms with Gasteiger partial charge in [-0.2, -0.15) is 0 Å². The molecule has 1 saturated carbocycles. The number of fused-ring (bicyclic) bond motifs is 1. The first-order valence-corrected chi connectivity index (χ1v) is 7.71. The van der Waals surface area contributed by atoms with Crippen molar-refractivity contribution in [2.45, 2.75) is 65.2 Å². The Kier molecular flexibility index (Phi) is 3.21. The summed E-state index contributed by atoms with van der Waals surface area (Å²) in [5.74, 6) is 4.52. The zero-order chi connectivity index (χ0) is 12.7. The molecule has 0 saturated heterocycles. The molecule has 2 heteroatoms. The van der Waals surface area contributed by atoms with Gasteiger partial charge in [0.05, 0.1) is 5.69 Å². The topological polar surface area (TPSA) is 28.7 Å². The summed E-state index contributed by atoms with van der Waals surface area (Å²) in [6, 6.07) is 0. The van der Waals surface area contributed by atoms with Crippen LogP contribution in [0.3, 0.4) is 0 Å². The summed E-state index contributed by atoms with van der Waals surface area (Å²) >= 11 is 0. The molecule has 0 bridgehead atoms. The lowest BCUT2D eigenvalue weighted by atomic mass is 9.82. The lowest BCUT2D eigenvalue weighted by Gasteiger charge is -2.24. The number of aromatic amines is 1. The summed E-state index contributed by atoms with van der Waals surface area (Å²) in [6.45, 7) is 7.12. The van der Waals surface area contributed by atoms with Gasteiger partial charge in [0.15, 0.2) is 0 Å². The van der Waals surface area contributed by atoms with Gasteiger partial charge in [-0.15, -0.1) is 0 Å². The fourth-order valence-electron chi connectivity index (χ4n) is 3.56. The Balaban J connectivity index is 1.77. The third-order valence-electron chi connectivity index (χ3n) is 5.30. The van der Waals surface area contributed by atoms with Crippen molar-refractivity contribution in [2.75, 3.05) is 0 Å². The van der Waals surface area contributed by atoms with Crippen LogP contribution in [0.25, 0.3) is 0 Å². The first-order valence-electron chi connectivity index (χ1n) is 7.71. The Morgan fingerprint density at radius 1 is 0.944 bits per heavy atom. The van der Waals surface area contributed by atoms with Gasteiger partial charge >= 0.3 is 0 Å². The maximum absolute atomic E-state index is 4.93. The molecule has 2 nitrogen and oxygen atoms in total. The van der Waals surface area contributed by atoms with Crippen LogP contribution >= 0.6 is 0 Å². The second kappa shape index (κ2) is 4.71. The van der Waals surface area contributed by atoms with Crippen LogP contribution in [0.4, 0.5) is 0 Å². The van der Waals surface area contributed by atoms with Gasteiger partial charge in [-0.05, 0) is 43.4 Å². The lowest BCUT2D eigenvalue weighted by Crippen LogP contribution is -2.20. The van der Waals surface area contributed by atoms with Crippen molar-refractivity contribution in [2.24, 2.45) is 17.8 Å². The molecule has 100 valence electrons. The van der Waals surface area contributed by atoms with Crippen LogP contribution in [0.15, 0.2) is 0 Å². The summed E-state index contributed by atoms with van der Waals surface area (Å²) in [5.41, 5.74) is 2.81. The number of H-pyrrole nitrogens is 1. The molecule has 0 aliphatic heterocycles. The lowest BCUT2D eigenvalue weighted by molar-refractivity contribution is 0.340. The van der Waals surface area contributed by atoms with Gasteiger partial charge in [-0.3, -0.25) is 0 Å². The third-order valence-corrected chi connectivity index (χ3v) is 5.30. The Labute approximate surface area is 111 Å². The molecule has 2 unspecified atom stereocenters. The van der Waals surface area contributed by atoms with Crippen LogP contribution < -0.4 is 0 Å². The predicted octanol–water partition coefficient (Wildman–Crippen LogP) is 4.07. The average molecular weight is 246 g/mol. The van der Waals surface area contributed by atoms with Gasteiger partial charge in [0.2, 0.25) is 0 Å². The average Bonchev–Trinajstić information content (AvgIpc) is 2.73. The molecule has 2 atom stereocenters. The molecule has 0 aromatic carbocycles. The zero-order valence-corrected chi connectivity index (χ0v) is 12.0. The summed E-state index contributed by atoms with van der Waals surface area (Å²) < 4.78 is 0. The number of hydrogen-bond donors (Lipinski definition) is 1. The van der Waals surface area contributed by atoms with E-state index in [2.05, 4.69) is 25.8 Å². The van der Waals surface area contributed by atoms with Gasteiger partial charge in [-0.25, -0.2) is 4.98 Å². The maximum atomic E-state index is 4.93. The van der Waals surface area contributed by atoms with Crippen molar-refractivity contribution in [3.63, 3.8) is 0 Å². The first-order chi connectivity index (χ1) is 8.63. The van der Waals surface area contributed by atoms with Gasteiger partial charge < -0.3 is 4.98 Å². The summed E-state index contributed by atoms with van der Waals surface area (Å²) in [4.78, 5) is 8.59. The molecule has 2 aliphatic carbocycles. The number of imidazole rings is 1. The Hall–Kier alpha value is -0.790. The van der Waals surface area contributed by atoms with Gasteiger partial charge in [0.1, 0.15) is 5.82 Å². The Morgan fingerprint density at radius 3 is 2.33 bits per heavy atom. The van der Waals surface area contributed by atoms with Crippen LogP contribution in [0.2, 0.25) is 0 Å². The van der Waals surface area contributed by atoms with Crippen LogP contribution in [0.5, 0.6) is 0 Å². The maximum Gasteiger partial charge on any atom is 0.109 e. The molecular formula is C16H26N2. The van der Waals surface area contributed by atoms with Gasteiger partial charge in [-0.1, -0.05) is 33.6 Å². The van der Waals surface area contributed by atoms with E-state index in [1.165, 1.54) is 55.7 Å². The minimum atomic E-state index is 0.706. The summed E-state index contributed by atoms with van der Waals surface area (Å²) in [7, 11) is 0. The van der Waals surface area contributed by atoms with Crippen LogP contribution in [-0.2, 0) is 12.8 Å². The van der Waals surface area contributed by atoms with Crippen LogP contribution in [0.1, 0.15) is 69.6 Å². The number of nitrogens with one attached hydrogen (secondary N) is 1. The van der Waals surface area contributed by atoms with Crippen molar-refractivity contribution in [3.05, 3.63) is 17.2 Å². The standard InChI is InChI=1S/C16H26N2/c1-10-4-6-13(7-5-10)16-17-14-8-11(2)12(3)9-15(14)18-16/h10-13H,4-9H2,1-3H3,(H,17,18). The second-order valence-electron chi connectivity index (χ2n) is 6.87. The van der Waals surface area contributed by atoms with E-state index in [0.717, 1.165) is 17.8 Å². The van der Waals surface area contributed by atoms with E-state index in [4.69, 9.17) is 4.98 Å². The molecule has 0 radical (unpaired) electrons. The monoisotopic (exact) mass is 246 g/mol. The molecule has 1 fully saturated rings. The first kappa shape index (κ1) is 12.3. The fraction of sp³-hybridized carbons (Fsp3) is 0.812. The van der Waals surface area contributed by atoms with Crippen molar-refractivity contribution < 1.29 is 0 Å². The molecule has 0 spiro atoms. The Morgan fingerprint density at radius 2 is 1.61 bits per heavy atom. The van der Waals surface area contributed by atoms with Crippen LogP contribution in [-0.4, -0.2) is 9.97 Å². The van der Waals surface area contributed by atoms with E-state index in [9.17, 15) is 0 Å². The molecule has 1 aromatic rings. The second-order valence-corrected chi connectivity index (χ2v) is 6.87. The normalized spacial score (nSPS) is 36.4. The number of rotatable bonds is 1. The van der Waals surface area contributed by atoms with E-state index in [1.807, 2.05) is 0 Å². The Bertz CT molecular complexity index is 385. The summed E-state index contributed by atoms with van der Waals surface area (Å²) in [6.07, 6.45) is 7.80. The molecule has 0 amide bonds. The number of nitrogens with zero attached hydrogens (tertiary/aromatic N) is 1. The number of hydrogen-bond acceptors (Lipinski definition) is 1. The van der Waals surface area contributed by atoms with E-state index >= 15 is 0 Å². The molecule has 1 N–H and O–H groups in total. The van der Waals surface area contributed by atoms with Crippen molar-refractivity contribution >= 4 is 0 Å². The minimum absolute atomic E-state index is 0.706. The molecule has 3 rings (SSSR count). The smallest absolute Gasteiger partial charge is 0.109 e.